The van der Waals surface area contributed by atoms with Crippen LogP contribution in [0.2, 0.25) is 5.02 Å². The van der Waals surface area contributed by atoms with Crippen LogP contribution in [0.25, 0.3) is 0 Å². The largest absolute Gasteiger partial charge is 0.496 e. The molecular weight excluding hydrogens is 328 g/mol. The molecular formula is C15H16BrClO2. The molecule has 1 aromatic carbocycles. The summed E-state index contributed by atoms with van der Waals surface area (Å²) >= 11 is 9.83. The Balaban J connectivity index is 2.55. The Hall–Kier alpha value is -0.930. The van der Waals surface area contributed by atoms with Gasteiger partial charge in [-0.15, -0.1) is 0 Å². The zero-order valence-electron chi connectivity index (χ0n) is 11.4. The van der Waals surface area contributed by atoms with Crippen LogP contribution in [0.3, 0.4) is 0 Å². The maximum Gasteiger partial charge on any atom is 0.123 e. The summed E-state index contributed by atoms with van der Waals surface area (Å²) in [6.07, 6.45) is 0. The lowest BCUT2D eigenvalue weighted by Crippen LogP contribution is -1.99. The molecule has 0 aliphatic rings. The minimum Gasteiger partial charge on any atom is -0.496 e. The highest BCUT2D eigenvalue weighted by Gasteiger charge is 2.23. The van der Waals surface area contributed by atoms with Gasteiger partial charge in [0, 0.05) is 16.1 Å². The summed E-state index contributed by atoms with van der Waals surface area (Å²) in [4.78, 5) is -0.00130. The van der Waals surface area contributed by atoms with Crippen LogP contribution < -0.4 is 4.74 Å². The maximum absolute atomic E-state index is 6.09. The van der Waals surface area contributed by atoms with E-state index in [0.29, 0.717) is 5.02 Å². The van der Waals surface area contributed by atoms with Crippen molar-refractivity contribution in [3.8, 4) is 5.75 Å². The molecule has 1 heterocycles. The van der Waals surface area contributed by atoms with E-state index in [-0.39, 0.29) is 4.83 Å². The van der Waals surface area contributed by atoms with Gasteiger partial charge in [-0.2, -0.15) is 0 Å². The molecule has 0 amide bonds. The van der Waals surface area contributed by atoms with Gasteiger partial charge in [0.2, 0.25) is 0 Å². The molecule has 0 bridgehead atoms. The van der Waals surface area contributed by atoms with E-state index in [0.717, 1.165) is 34.0 Å². The standard InChI is InChI=1S/C15H16BrClO2/c1-8-9(2)19-10(3)14(8)15(16)12-7-11(17)5-6-13(12)18-4/h5-7,15H,1-4H3. The molecule has 4 heteroatoms. The van der Waals surface area contributed by atoms with E-state index in [2.05, 4.69) is 22.9 Å². The average Bonchev–Trinajstić information content (AvgIpc) is 2.62. The van der Waals surface area contributed by atoms with Crippen LogP contribution in [0.15, 0.2) is 22.6 Å². The molecule has 0 aliphatic carbocycles. The van der Waals surface area contributed by atoms with Crippen LogP contribution in [-0.2, 0) is 0 Å². The van der Waals surface area contributed by atoms with Crippen LogP contribution in [0.4, 0.5) is 0 Å². The maximum atomic E-state index is 6.09. The highest BCUT2D eigenvalue weighted by molar-refractivity contribution is 9.09. The number of ether oxygens (including phenoxy) is 1. The van der Waals surface area contributed by atoms with Crippen LogP contribution in [0.5, 0.6) is 5.75 Å². The molecule has 2 rings (SSSR count). The number of furan rings is 1. The van der Waals surface area contributed by atoms with Crippen LogP contribution in [0.1, 0.15) is 33.0 Å². The highest BCUT2D eigenvalue weighted by atomic mass is 79.9. The van der Waals surface area contributed by atoms with Crippen molar-refractivity contribution >= 4 is 27.5 Å². The predicted octanol–water partition coefficient (Wildman–Crippen LogP) is 5.35. The molecule has 0 N–H and O–H groups in total. The van der Waals surface area contributed by atoms with Crippen molar-refractivity contribution in [2.24, 2.45) is 0 Å². The second-order valence-electron chi connectivity index (χ2n) is 4.50. The molecule has 0 saturated heterocycles. The second kappa shape index (κ2) is 5.59. The van der Waals surface area contributed by atoms with Gasteiger partial charge in [-0.05, 0) is 44.5 Å². The molecule has 0 aliphatic heterocycles. The molecule has 2 nitrogen and oxygen atoms in total. The average molecular weight is 344 g/mol. The first kappa shape index (κ1) is 14.5. The molecule has 0 radical (unpaired) electrons. The van der Waals surface area contributed by atoms with Crippen molar-refractivity contribution in [3.05, 3.63) is 51.4 Å². The second-order valence-corrected chi connectivity index (χ2v) is 5.85. The third-order valence-electron chi connectivity index (χ3n) is 3.34. The molecule has 19 heavy (non-hydrogen) atoms. The minimum absolute atomic E-state index is 0.00130. The molecule has 0 saturated carbocycles. The van der Waals surface area contributed by atoms with Gasteiger partial charge >= 0.3 is 0 Å². The van der Waals surface area contributed by atoms with Crippen molar-refractivity contribution in [3.63, 3.8) is 0 Å². The number of hydrogen-bond acceptors (Lipinski definition) is 2. The molecule has 0 fully saturated rings. The summed E-state index contributed by atoms with van der Waals surface area (Å²) in [5.41, 5.74) is 3.29. The number of methoxy groups -OCH3 is 1. The Bertz CT molecular complexity index is 604. The summed E-state index contributed by atoms with van der Waals surface area (Å²) in [6.45, 7) is 6.01. The van der Waals surface area contributed by atoms with Gasteiger partial charge in [-0.1, -0.05) is 27.5 Å². The molecule has 1 unspecified atom stereocenters. The predicted molar refractivity (Wildman–Crippen MR) is 81.7 cm³/mol. The van der Waals surface area contributed by atoms with Gasteiger partial charge in [-0.25, -0.2) is 0 Å². The number of rotatable bonds is 3. The third kappa shape index (κ3) is 2.67. The summed E-state index contributed by atoms with van der Waals surface area (Å²) in [6, 6.07) is 5.62. The van der Waals surface area contributed by atoms with Crippen LogP contribution >= 0.6 is 27.5 Å². The fourth-order valence-corrected chi connectivity index (χ4v) is 3.45. The number of benzene rings is 1. The van der Waals surface area contributed by atoms with E-state index in [9.17, 15) is 0 Å². The first-order valence-corrected chi connectivity index (χ1v) is 7.29. The van der Waals surface area contributed by atoms with E-state index < -0.39 is 0 Å². The molecule has 1 aromatic heterocycles. The Morgan fingerprint density at radius 1 is 1.21 bits per heavy atom. The van der Waals surface area contributed by atoms with Gasteiger partial charge in [0.25, 0.3) is 0 Å². The number of halogens is 2. The van der Waals surface area contributed by atoms with Crippen molar-refractivity contribution < 1.29 is 9.15 Å². The van der Waals surface area contributed by atoms with Gasteiger partial charge in [0.15, 0.2) is 0 Å². The first-order chi connectivity index (χ1) is 8.95. The van der Waals surface area contributed by atoms with E-state index in [1.54, 1.807) is 7.11 Å². The quantitative estimate of drug-likeness (QED) is 0.701. The lowest BCUT2D eigenvalue weighted by molar-refractivity contribution is 0.410. The van der Waals surface area contributed by atoms with Gasteiger partial charge < -0.3 is 9.15 Å². The molecule has 102 valence electrons. The number of aryl methyl sites for hydroxylation is 2. The highest BCUT2D eigenvalue weighted by Crippen LogP contribution is 2.41. The fourth-order valence-electron chi connectivity index (χ4n) is 2.24. The van der Waals surface area contributed by atoms with Crippen molar-refractivity contribution in [2.75, 3.05) is 7.11 Å². The Morgan fingerprint density at radius 2 is 1.89 bits per heavy atom. The smallest absolute Gasteiger partial charge is 0.123 e. The zero-order chi connectivity index (χ0) is 14.2. The van der Waals surface area contributed by atoms with Crippen molar-refractivity contribution in [1.29, 1.82) is 0 Å². The summed E-state index contributed by atoms with van der Waals surface area (Å²) in [7, 11) is 1.66. The topological polar surface area (TPSA) is 22.4 Å². The lowest BCUT2D eigenvalue weighted by Gasteiger charge is -2.15. The summed E-state index contributed by atoms with van der Waals surface area (Å²) < 4.78 is 11.1. The van der Waals surface area contributed by atoms with E-state index >= 15 is 0 Å². The summed E-state index contributed by atoms with van der Waals surface area (Å²) in [5, 5.41) is 0.691. The summed E-state index contributed by atoms with van der Waals surface area (Å²) in [5.74, 6) is 2.67. The molecule has 0 spiro atoms. The third-order valence-corrected chi connectivity index (χ3v) is 4.52. The molecule has 1 atom stereocenters. The fraction of sp³-hybridized carbons (Fsp3) is 0.333. The van der Waals surface area contributed by atoms with Gasteiger partial charge in [0.1, 0.15) is 17.3 Å². The van der Waals surface area contributed by atoms with Crippen LogP contribution in [-0.4, -0.2) is 7.11 Å². The van der Waals surface area contributed by atoms with Crippen molar-refractivity contribution in [1.82, 2.24) is 0 Å². The van der Waals surface area contributed by atoms with E-state index in [1.165, 1.54) is 0 Å². The SMILES string of the molecule is COc1ccc(Cl)cc1C(Br)c1c(C)oc(C)c1C. The Kier molecular flexibility index (Phi) is 4.26. The Labute approximate surface area is 126 Å². The zero-order valence-corrected chi connectivity index (χ0v) is 13.7. The molecule has 2 aromatic rings. The van der Waals surface area contributed by atoms with Gasteiger partial charge in [0.05, 0.1) is 11.9 Å². The normalized spacial score (nSPS) is 12.5. The number of alkyl halides is 1. The van der Waals surface area contributed by atoms with Crippen LogP contribution in [0, 0.1) is 20.8 Å². The van der Waals surface area contributed by atoms with Gasteiger partial charge in [-0.3, -0.25) is 0 Å². The number of hydrogen-bond donors (Lipinski definition) is 0. The lowest BCUT2D eigenvalue weighted by atomic mass is 10.0. The monoisotopic (exact) mass is 342 g/mol. The van der Waals surface area contributed by atoms with E-state index in [1.807, 2.05) is 32.0 Å². The minimum atomic E-state index is -0.00130. The van der Waals surface area contributed by atoms with Crippen molar-refractivity contribution in [2.45, 2.75) is 25.6 Å². The first-order valence-electron chi connectivity index (χ1n) is 5.99. The van der Waals surface area contributed by atoms with E-state index in [4.69, 9.17) is 20.8 Å². The Morgan fingerprint density at radius 3 is 2.42 bits per heavy atom.